The summed E-state index contributed by atoms with van der Waals surface area (Å²) in [5.41, 5.74) is -4.65. The maximum Gasteiger partial charge on any atom is 0.408 e. The predicted octanol–water partition coefficient (Wildman–Crippen LogP) is 3.12. The van der Waals surface area contributed by atoms with Crippen molar-refractivity contribution in [1.29, 1.82) is 0 Å². The molecule has 1 aliphatic carbocycles. The predicted molar refractivity (Wildman–Crippen MR) is 201 cm³/mol. The summed E-state index contributed by atoms with van der Waals surface area (Å²) in [7, 11) is 0. The summed E-state index contributed by atoms with van der Waals surface area (Å²) in [5, 5.41) is 5.49. The lowest BCUT2D eigenvalue weighted by Gasteiger charge is -2.50. The fraction of sp³-hybridized carbons (Fsp3) is 0.487. The normalized spacial score (nSPS) is 17.0. The highest BCUT2D eigenvalue weighted by atomic mass is 16.6. The molecule has 2 atom stereocenters. The first-order valence-corrected chi connectivity index (χ1v) is 17.4. The fourth-order valence-corrected chi connectivity index (χ4v) is 5.27. The van der Waals surface area contributed by atoms with Crippen LogP contribution in [0.5, 0.6) is 0 Å². The second-order valence-corrected chi connectivity index (χ2v) is 13.9. The average molecular weight is 805 g/mol. The van der Waals surface area contributed by atoms with E-state index in [1.807, 2.05) is 20.8 Å². The van der Waals surface area contributed by atoms with Crippen LogP contribution in [0.2, 0.25) is 0 Å². The third kappa shape index (κ3) is 16.6. The molecule has 0 saturated heterocycles. The van der Waals surface area contributed by atoms with Gasteiger partial charge in [-0.25, -0.2) is 38.4 Å². The molecule has 18 heteroatoms. The van der Waals surface area contributed by atoms with E-state index in [1.165, 1.54) is 0 Å². The van der Waals surface area contributed by atoms with Gasteiger partial charge in [-0.2, -0.15) is 0 Å². The molecule has 1 aliphatic rings. The summed E-state index contributed by atoms with van der Waals surface area (Å²) in [6, 6.07) is -0.413. The molecular formula is C39H52N2O16. The highest BCUT2D eigenvalue weighted by molar-refractivity contribution is 5.83. The quantitative estimate of drug-likeness (QED) is 0.0810. The van der Waals surface area contributed by atoms with Crippen LogP contribution < -0.4 is 10.6 Å². The van der Waals surface area contributed by atoms with Gasteiger partial charge >= 0.3 is 48.0 Å². The minimum Gasteiger partial charge on any atom is -0.462 e. The van der Waals surface area contributed by atoms with Crippen LogP contribution in [-0.2, 0) is 66.7 Å². The van der Waals surface area contributed by atoms with Gasteiger partial charge in [-0.15, -0.1) is 0 Å². The molecule has 1 rings (SSSR count). The lowest BCUT2D eigenvalue weighted by Crippen LogP contribution is -2.55. The summed E-state index contributed by atoms with van der Waals surface area (Å²) in [5.74, 6) is -5.18. The standard InChI is InChI=1S/C39H52N2O16/c1-10-28(42)50-20-38(21-51-29(43)11-2,22-52-30(44)12-3)23-56-35(49)41-27-16-17-37(9,36(7,8)18-27)19-40-34(48)57-39(24-53-31(45)13-4,25-54-32(46)14-5)26-55-33(47)15-6/h10-15,27H,1-6,16-26H2,7-9H3,(H,40,48)(H,41,49). The van der Waals surface area contributed by atoms with Gasteiger partial charge in [0.15, 0.2) is 0 Å². The number of esters is 6. The highest BCUT2D eigenvalue weighted by Crippen LogP contribution is 2.49. The van der Waals surface area contributed by atoms with E-state index < -0.39 is 122 Å². The molecule has 0 aromatic carbocycles. The van der Waals surface area contributed by atoms with Gasteiger partial charge in [0.1, 0.15) is 51.7 Å². The van der Waals surface area contributed by atoms with Crippen molar-refractivity contribution in [3.8, 4) is 0 Å². The Balaban J connectivity index is 3.10. The largest absolute Gasteiger partial charge is 0.462 e. The molecular weight excluding hydrogens is 752 g/mol. The number of hydrogen-bond donors (Lipinski definition) is 2. The van der Waals surface area contributed by atoms with Gasteiger partial charge in [-0.1, -0.05) is 60.2 Å². The smallest absolute Gasteiger partial charge is 0.408 e. The van der Waals surface area contributed by atoms with Crippen molar-refractivity contribution < 1.29 is 76.3 Å². The maximum absolute atomic E-state index is 13.3. The third-order valence-electron chi connectivity index (χ3n) is 9.19. The molecule has 0 radical (unpaired) electrons. The van der Waals surface area contributed by atoms with Gasteiger partial charge in [0.2, 0.25) is 5.60 Å². The Morgan fingerprint density at radius 3 is 1.26 bits per heavy atom. The lowest BCUT2D eigenvalue weighted by molar-refractivity contribution is -0.170. The Labute approximate surface area is 331 Å². The summed E-state index contributed by atoms with van der Waals surface area (Å²) >= 11 is 0. The molecule has 18 nitrogen and oxygen atoms in total. The van der Waals surface area contributed by atoms with E-state index in [4.69, 9.17) is 37.9 Å². The van der Waals surface area contributed by atoms with Gasteiger partial charge in [0.05, 0.1) is 0 Å². The van der Waals surface area contributed by atoms with Crippen LogP contribution in [0.25, 0.3) is 0 Å². The summed E-state index contributed by atoms with van der Waals surface area (Å²) in [6.07, 6.45) is 4.67. The summed E-state index contributed by atoms with van der Waals surface area (Å²) < 4.78 is 41.8. The van der Waals surface area contributed by atoms with Crippen LogP contribution in [-0.4, -0.2) is 112 Å². The number of nitrogens with one attached hydrogen (secondary N) is 2. The van der Waals surface area contributed by atoms with Crippen molar-refractivity contribution in [2.24, 2.45) is 16.2 Å². The Morgan fingerprint density at radius 1 is 0.561 bits per heavy atom. The molecule has 0 aromatic heterocycles. The van der Waals surface area contributed by atoms with Crippen molar-refractivity contribution in [1.82, 2.24) is 10.6 Å². The van der Waals surface area contributed by atoms with Crippen molar-refractivity contribution in [2.45, 2.75) is 51.7 Å². The Kier molecular flexibility index (Phi) is 19.7. The Bertz CT molecular complexity index is 1450. The van der Waals surface area contributed by atoms with Crippen LogP contribution in [0, 0.1) is 16.2 Å². The zero-order chi connectivity index (χ0) is 43.3. The summed E-state index contributed by atoms with van der Waals surface area (Å²) in [4.78, 5) is 97.7. The SMILES string of the molecule is C=CC(=O)OCC(COC(=O)C=C)(COC(=O)C=C)COC(=O)NC1CCC(C)(CNC(=O)OC(COC(=O)C=C)(COC(=O)C=C)COC(=O)C=C)C(C)(C)C1. The van der Waals surface area contributed by atoms with Crippen LogP contribution >= 0.6 is 0 Å². The van der Waals surface area contributed by atoms with Gasteiger partial charge in [-0.3, -0.25) is 0 Å². The first kappa shape index (κ1) is 48.8. The molecule has 1 fully saturated rings. The van der Waals surface area contributed by atoms with Gasteiger partial charge in [0.25, 0.3) is 0 Å². The maximum atomic E-state index is 13.3. The summed E-state index contributed by atoms with van der Waals surface area (Å²) in [6.45, 7) is 21.7. The Morgan fingerprint density at radius 2 is 0.912 bits per heavy atom. The number of carbonyl (C=O) groups excluding carboxylic acids is 8. The third-order valence-corrected chi connectivity index (χ3v) is 9.19. The van der Waals surface area contributed by atoms with Crippen LogP contribution in [0.4, 0.5) is 9.59 Å². The lowest BCUT2D eigenvalue weighted by atomic mass is 9.57. The highest BCUT2D eigenvalue weighted by Gasteiger charge is 2.47. The van der Waals surface area contributed by atoms with E-state index in [0.29, 0.717) is 19.3 Å². The molecule has 0 bridgehead atoms. The molecule has 2 N–H and O–H groups in total. The van der Waals surface area contributed by atoms with E-state index in [0.717, 1.165) is 36.5 Å². The molecule has 0 spiro atoms. The molecule has 57 heavy (non-hydrogen) atoms. The van der Waals surface area contributed by atoms with Crippen molar-refractivity contribution in [2.75, 3.05) is 52.8 Å². The van der Waals surface area contributed by atoms with Crippen molar-refractivity contribution >= 4 is 48.0 Å². The fourth-order valence-electron chi connectivity index (χ4n) is 5.27. The zero-order valence-corrected chi connectivity index (χ0v) is 32.6. The van der Waals surface area contributed by atoms with Crippen molar-refractivity contribution in [3.05, 3.63) is 75.9 Å². The average Bonchev–Trinajstić information content (AvgIpc) is 3.20. The second-order valence-electron chi connectivity index (χ2n) is 13.9. The first-order valence-electron chi connectivity index (χ1n) is 17.4. The van der Waals surface area contributed by atoms with Crippen molar-refractivity contribution in [3.63, 3.8) is 0 Å². The number of rotatable bonds is 24. The van der Waals surface area contributed by atoms with Crippen LogP contribution in [0.15, 0.2) is 75.9 Å². The second kappa shape index (κ2) is 23.0. The molecule has 2 amide bonds. The van der Waals surface area contributed by atoms with Crippen LogP contribution in [0.1, 0.15) is 40.0 Å². The monoisotopic (exact) mass is 804 g/mol. The topological polar surface area (TPSA) is 234 Å². The molecule has 1 saturated carbocycles. The van der Waals surface area contributed by atoms with E-state index >= 15 is 0 Å². The minimum atomic E-state index is -1.98. The minimum absolute atomic E-state index is 0.0518. The van der Waals surface area contributed by atoms with E-state index in [9.17, 15) is 38.4 Å². The molecule has 314 valence electrons. The Hall–Kier alpha value is -6.20. The number of amides is 2. The zero-order valence-electron chi connectivity index (χ0n) is 32.6. The van der Waals surface area contributed by atoms with Crippen LogP contribution in [0.3, 0.4) is 0 Å². The molecule has 2 unspecified atom stereocenters. The molecule has 0 aliphatic heterocycles. The first-order chi connectivity index (χ1) is 26.8. The molecule has 0 aromatic rings. The number of ether oxygens (including phenoxy) is 8. The van der Waals surface area contributed by atoms with Gasteiger partial charge < -0.3 is 48.5 Å². The number of hydrogen-bond acceptors (Lipinski definition) is 16. The van der Waals surface area contributed by atoms with E-state index in [1.54, 1.807) is 0 Å². The molecule has 0 heterocycles. The van der Waals surface area contributed by atoms with E-state index in [2.05, 4.69) is 50.1 Å². The van der Waals surface area contributed by atoms with Gasteiger partial charge in [0, 0.05) is 49.0 Å². The van der Waals surface area contributed by atoms with Gasteiger partial charge in [-0.05, 0) is 30.1 Å². The van der Waals surface area contributed by atoms with E-state index in [-0.39, 0.29) is 6.54 Å². The number of alkyl carbamates (subject to hydrolysis) is 2. The number of carbonyl (C=O) groups is 8.